The number of nitrogens with zero attached hydrogens (tertiary/aromatic N) is 3. The number of aromatic nitrogens is 1. The van der Waals surface area contributed by atoms with Crippen molar-refractivity contribution in [3.8, 4) is 5.75 Å². The Morgan fingerprint density at radius 3 is 3.04 bits per heavy atom. The van der Waals surface area contributed by atoms with E-state index in [1.54, 1.807) is 12.4 Å². The van der Waals surface area contributed by atoms with E-state index in [1.807, 2.05) is 19.1 Å². The maximum Gasteiger partial charge on any atom is 0.194 e. The number of likely N-dealkylation sites (tertiary alicyclic amines) is 1. The molecule has 0 aromatic carbocycles. The Morgan fingerprint density at radius 2 is 2.33 bits per heavy atom. The number of aliphatic imine (C=N–C) groups is 1. The first-order chi connectivity index (χ1) is 11.3. The molecule has 0 bridgehead atoms. The molecular weight excluding hydrogens is 419 g/mol. The summed E-state index contributed by atoms with van der Waals surface area (Å²) in [6, 6.07) is 3.77. The molecule has 1 aromatic heterocycles. The zero-order chi connectivity index (χ0) is 16.3. The highest BCUT2D eigenvalue weighted by Crippen LogP contribution is 2.16. The summed E-state index contributed by atoms with van der Waals surface area (Å²) in [5.41, 5.74) is 0. The molecule has 2 heterocycles. The molecule has 1 unspecified atom stereocenters. The van der Waals surface area contributed by atoms with Gasteiger partial charge in [-0.15, -0.1) is 24.0 Å². The number of ether oxygens (including phenoxy) is 2. The number of pyridine rings is 1. The van der Waals surface area contributed by atoms with Crippen molar-refractivity contribution in [1.82, 2.24) is 15.2 Å². The summed E-state index contributed by atoms with van der Waals surface area (Å²) < 4.78 is 11.2. The minimum Gasteiger partial charge on any atom is -0.490 e. The molecule has 0 amide bonds. The van der Waals surface area contributed by atoms with Crippen molar-refractivity contribution in [3.05, 3.63) is 24.5 Å². The second-order valence-corrected chi connectivity index (χ2v) is 5.53. The van der Waals surface area contributed by atoms with Crippen LogP contribution in [0.4, 0.5) is 0 Å². The standard InChI is InChI=1S/C17H28N4O2.HI/c1-3-19-17(21-10-7-15(13-21)14-22-4-2)20-9-11-23-16-6-5-8-18-12-16;/h5-6,8,12,15H,3-4,7,9-11,13-14H2,1-2H3,(H,19,20);1H. The van der Waals surface area contributed by atoms with Gasteiger partial charge in [0.15, 0.2) is 5.96 Å². The fourth-order valence-corrected chi connectivity index (χ4v) is 2.62. The van der Waals surface area contributed by atoms with Gasteiger partial charge in [-0.2, -0.15) is 0 Å². The third-order valence-electron chi connectivity index (χ3n) is 3.73. The van der Waals surface area contributed by atoms with Crippen molar-refractivity contribution in [2.45, 2.75) is 20.3 Å². The van der Waals surface area contributed by atoms with Gasteiger partial charge in [-0.25, -0.2) is 4.99 Å². The van der Waals surface area contributed by atoms with Crippen LogP contribution in [0.3, 0.4) is 0 Å². The summed E-state index contributed by atoms with van der Waals surface area (Å²) >= 11 is 0. The predicted octanol–water partition coefficient (Wildman–Crippen LogP) is 2.40. The topological polar surface area (TPSA) is 59.0 Å². The molecular formula is C17H29IN4O2. The normalized spacial score (nSPS) is 17.5. The Bertz CT molecular complexity index is 473. The van der Waals surface area contributed by atoms with Gasteiger partial charge < -0.3 is 19.7 Å². The molecule has 0 saturated carbocycles. The van der Waals surface area contributed by atoms with Crippen molar-refractivity contribution in [3.63, 3.8) is 0 Å². The lowest BCUT2D eigenvalue weighted by Crippen LogP contribution is -2.40. The summed E-state index contributed by atoms with van der Waals surface area (Å²) in [6.07, 6.45) is 4.62. The predicted molar refractivity (Wildman–Crippen MR) is 107 cm³/mol. The molecule has 7 heteroatoms. The van der Waals surface area contributed by atoms with Crippen molar-refractivity contribution < 1.29 is 9.47 Å². The lowest BCUT2D eigenvalue weighted by atomic mass is 10.1. The van der Waals surface area contributed by atoms with Crippen molar-refractivity contribution in [1.29, 1.82) is 0 Å². The van der Waals surface area contributed by atoms with Crippen molar-refractivity contribution in [2.24, 2.45) is 10.9 Å². The van der Waals surface area contributed by atoms with E-state index in [9.17, 15) is 0 Å². The monoisotopic (exact) mass is 448 g/mol. The second-order valence-electron chi connectivity index (χ2n) is 5.53. The number of hydrogen-bond donors (Lipinski definition) is 1. The van der Waals surface area contributed by atoms with Crippen LogP contribution in [0.25, 0.3) is 0 Å². The average molecular weight is 448 g/mol. The van der Waals surface area contributed by atoms with Crippen LogP contribution in [0.5, 0.6) is 5.75 Å². The first kappa shape index (κ1) is 21.0. The van der Waals surface area contributed by atoms with Gasteiger partial charge in [0.2, 0.25) is 0 Å². The van der Waals surface area contributed by atoms with Gasteiger partial charge in [0.25, 0.3) is 0 Å². The fraction of sp³-hybridized carbons (Fsp3) is 0.647. The van der Waals surface area contributed by atoms with Gasteiger partial charge in [0.05, 0.1) is 19.3 Å². The van der Waals surface area contributed by atoms with Crippen LogP contribution >= 0.6 is 24.0 Å². The Morgan fingerprint density at radius 1 is 1.46 bits per heavy atom. The van der Waals surface area contributed by atoms with Crippen LogP contribution in [0, 0.1) is 5.92 Å². The second kappa shape index (κ2) is 12.3. The first-order valence-corrected chi connectivity index (χ1v) is 8.47. The molecule has 6 nitrogen and oxygen atoms in total. The molecule has 1 atom stereocenters. The van der Waals surface area contributed by atoms with Gasteiger partial charge >= 0.3 is 0 Å². The molecule has 2 rings (SSSR count). The fourth-order valence-electron chi connectivity index (χ4n) is 2.62. The minimum absolute atomic E-state index is 0. The van der Waals surface area contributed by atoms with Crippen LogP contribution in [0.15, 0.2) is 29.5 Å². The van der Waals surface area contributed by atoms with Crippen molar-refractivity contribution >= 4 is 29.9 Å². The van der Waals surface area contributed by atoms with E-state index < -0.39 is 0 Å². The van der Waals surface area contributed by atoms with E-state index in [4.69, 9.17) is 9.47 Å². The maximum atomic E-state index is 5.64. The number of halogens is 1. The van der Waals surface area contributed by atoms with E-state index in [-0.39, 0.29) is 24.0 Å². The highest BCUT2D eigenvalue weighted by atomic mass is 127. The Hall–Kier alpha value is -1.09. The maximum absolute atomic E-state index is 5.64. The number of rotatable bonds is 8. The van der Waals surface area contributed by atoms with Crippen LogP contribution in [-0.2, 0) is 4.74 Å². The third kappa shape index (κ3) is 7.21. The molecule has 0 spiro atoms. The molecule has 1 fully saturated rings. The van der Waals surface area contributed by atoms with Crippen LogP contribution in [-0.4, -0.2) is 61.8 Å². The SMILES string of the molecule is CCNC(=NCCOc1cccnc1)N1CCC(COCC)C1.I. The summed E-state index contributed by atoms with van der Waals surface area (Å²) in [5, 5.41) is 3.37. The number of hydrogen-bond acceptors (Lipinski definition) is 4. The van der Waals surface area contributed by atoms with Crippen LogP contribution in [0.2, 0.25) is 0 Å². The lowest BCUT2D eigenvalue weighted by molar-refractivity contribution is 0.114. The highest BCUT2D eigenvalue weighted by molar-refractivity contribution is 14.0. The van der Waals surface area contributed by atoms with Gasteiger partial charge in [-0.1, -0.05) is 0 Å². The largest absolute Gasteiger partial charge is 0.490 e. The van der Waals surface area contributed by atoms with Gasteiger partial charge in [0, 0.05) is 38.4 Å². The smallest absolute Gasteiger partial charge is 0.194 e. The Labute approximate surface area is 162 Å². The quantitative estimate of drug-likeness (QED) is 0.287. The van der Waals surface area contributed by atoms with Crippen LogP contribution < -0.4 is 10.1 Å². The first-order valence-electron chi connectivity index (χ1n) is 8.47. The van der Waals surface area contributed by atoms with E-state index in [0.717, 1.165) is 51.0 Å². The van der Waals surface area contributed by atoms with E-state index in [2.05, 4.69) is 27.1 Å². The zero-order valence-electron chi connectivity index (χ0n) is 14.6. The van der Waals surface area contributed by atoms with E-state index in [1.165, 1.54) is 0 Å². The van der Waals surface area contributed by atoms with E-state index >= 15 is 0 Å². The van der Waals surface area contributed by atoms with Crippen molar-refractivity contribution in [2.75, 3.05) is 46.0 Å². The third-order valence-corrected chi connectivity index (χ3v) is 3.73. The summed E-state index contributed by atoms with van der Waals surface area (Å²) in [6.45, 7) is 9.86. The molecule has 1 aliphatic rings. The molecule has 24 heavy (non-hydrogen) atoms. The molecule has 1 N–H and O–H groups in total. The minimum atomic E-state index is 0. The van der Waals surface area contributed by atoms with E-state index in [0.29, 0.717) is 19.1 Å². The van der Waals surface area contributed by atoms with Gasteiger partial charge in [-0.05, 0) is 32.4 Å². The lowest BCUT2D eigenvalue weighted by Gasteiger charge is -2.21. The van der Waals surface area contributed by atoms with Gasteiger partial charge in [0.1, 0.15) is 12.4 Å². The molecule has 1 saturated heterocycles. The Balaban J connectivity index is 0.00000288. The molecule has 1 aromatic rings. The number of nitrogens with one attached hydrogen (secondary N) is 1. The molecule has 0 radical (unpaired) electrons. The van der Waals surface area contributed by atoms with Gasteiger partial charge in [-0.3, -0.25) is 4.98 Å². The van der Waals surface area contributed by atoms with Crippen LogP contribution in [0.1, 0.15) is 20.3 Å². The molecule has 1 aliphatic heterocycles. The summed E-state index contributed by atoms with van der Waals surface area (Å²) in [4.78, 5) is 11.0. The number of guanidine groups is 1. The average Bonchev–Trinajstić information content (AvgIpc) is 3.05. The molecule has 136 valence electrons. The zero-order valence-corrected chi connectivity index (χ0v) is 16.9. The molecule has 0 aliphatic carbocycles. The summed E-state index contributed by atoms with van der Waals surface area (Å²) in [7, 11) is 0. The highest BCUT2D eigenvalue weighted by Gasteiger charge is 2.24. The Kier molecular flexibility index (Phi) is 10.7. The summed E-state index contributed by atoms with van der Waals surface area (Å²) in [5.74, 6) is 2.36.